The molecule has 3 heterocycles. The Kier molecular flexibility index (Phi) is 4.89. The Morgan fingerprint density at radius 1 is 1.13 bits per heavy atom. The summed E-state index contributed by atoms with van der Waals surface area (Å²) in [6.07, 6.45) is -1.91. The standard InChI is InChI=1S/C19H17ClF3N7/c1-3-29-10-14(19(21,22)23)26-15(29)12-6-4-11(5-7-12)9-30-16-13(28(2)18(30)24)8-25-17(20)27-16/h4-8,10,24H,3,9H2,1-2H3. The van der Waals surface area contributed by atoms with Crippen LogP contribution >= 0.6 is 11.6 Å². The molecular formula is C19H17ClF3N7. The molecule has 156 valence electrons. The zero-order valence-electron chi connectivity index (χ0n) is 16.1. The molecule has 4 rings (SSSR count). The maximum atomic E-state index is 13.0. The zero-order valence-corrected chi connectivity index (χ0v) is 16.8. The Morgan fingerprint density at radius 3 is 2.47 bits per heavy atom. The van der Waals surface area contributed by atoms with Gasteiger partial charge in [-0.2, -0.15) is 18.2 Å². The normalized spacial score (nSPS) is 12.1. The minimum atomic E-state index is -4.49. The zero-order chi connectivity index (χ0) is 21.6. The molecule has 7 nitrogen and oxygen atoms in total. The van der Waals surface area contributed by atoms with Crippen molar-refractivity contribution in [2.24, 2.45) is 7.05 Å². The Bertz CT molecular complexity index is 1280. The average molecular weight is 436 g/mol. The van der Waals surface area contributed by atoms with Crippen molar-refractivity contribution in [2.45, 2.75) is 26.2 Å². The largest absolute Gasteiger partial charge is 0.434 e. The summed E-state index contributed by atoms with van der Waals surface area (Å²) < 4.78 is 43.9. The molecular weight excluding hydrogens is 419 g/mol. The topological polar surface area (TPSA) is 77.3 Å². The summed E-state index contributed by atoms with van der Waals surface area (Å²) in [5.74, 6) is 0.259. The van der Waals surface area contributed by atoms with Crippen LogP contribution in [0.3, 0.4) is 0 Å². The number of aryl methyl sites for hydroxylation is 2. The van der Waals surface area contributed by atoms with E-state index in [9.17, 15) is 13.2 Å². The van der Waals surface area contributed by atoms with Crippen LogP contribution < -0.4 is 5.62 Å². The lowest BCUT2D eigenvalue weighted by molar-refractivity contribution is -0.140. The lowest BCUT2D eigenvalue weighted by Gasteiger charge is -2.07. The molecule has 0 fully saturated rings. The molecule has 30 heavy (non-hydrogen) atoms. The van der Waals surface area contributed by atoms with Crippen LogP contribution in [0.15, 0.2) is 36.7 Å². The Hall–Kier alpha value is -3.14. The van der Waals surface area contributed by atoms with Gasteiger partial charge in [-0.1, -0.05) is 24.3 Å². The van der Waals surface area contributed by atoms with Crippen molar-refractivity contribution in [3.8, 4) is 11.4 Å². The number of rotatable bonds is 4. The van der Waals surface area contributed by atoms with E-state index >= 15 is 0 Å². The third-order valence-corrected chi connectivity index (χ3v) is 5.05. The molecule has 0 spiro atoms. The summed E-state index contributed by atoms with van der Waals surface area (Å²) in [5, 5.41) is 8.42. The van der Waals surface area contributed by atoms with Gasteiger partial charge < -0.3 is 9.13 Å². The van der Waals surface area contributed by atoms with Crippen molar-refractivity contribution in [1.82, 2.24) is 28.7 Å². The molecule has 0 unspecified atom stereocenters. The van der Waals surface area contributed by atoms with Crippen LogP contribution in [0.25, 0.3) is 22.6 Å². The van der Waals surface area contributed by atoms with Crippen molar-refractivity contribution in [3.05, 3.63) is 58.8 Å². The van der Waals surface area contributed by atoms with Gasteiger partial charge in [0.25, 0.3) is 0 Å². The van der Waals surface area contributed by atoms with Gasteiger partial charge in [0.05, 0.1) is 12.7 Å². The summed E-state index contributed by atoms with van der Waals surface area (Å²) in [6.45, 7) is 2.48. The number of benzene rings is 1. The highest BCUT2D eigenvalue weighted by molar-refractivity contribution is 6.28. The second-order valence-corrected chi connectivity index (χ2v) is 7.09. The van der Waals surface area contributed by atoms with Crippen LogP contribution in [0.1, 0.15) is 18.2 Å². The minimum absolute atomic E-state index is 0.0871. The lowest BCUT2D eigenvalue weighted by Crippen LogP contribution is -2.23. The summed E-state index contributed by atoms with van der Waals surface area (Å²) in [4.78, 5) is 12.0. The first-order valence-corrected chi connectivity index (χ1v) is 9.43. The molecule has 1 N–H and O–H groups in total. The third kappa shape index (κ3) is 3.47. The predicted molar refractivity (Wildman–Crippen MR) is 105 cm³/mol. The van der Waals surface area contributed by atoms with E-state index < -0.39 is 11.9 Å². The fraction of sp³-hybridized carbons (Fsp3) is 0.263. The second-order valence-electron chi connectivity index (χ2n) is 6.75. The number of nitrogens with one attached hydrogen (secondary N) is 1. The van der Waals surface area contributed by atoms with E-state index in [1.807, 2.05) is 0 Å². The third-order valence-electron chi connectivity index (χ3n) is 4.87. The van der Waals surface area contributed by atoms with Gasteiger partial charge in [0.2, 0.25) is 10.9 Å². The van der Waals surface area contributed by atoms with E-state index in [-0.39, 0.29) is 16.7 Å². The number of hydrogen-bond acceptors (Lipinski definition) is 4. The van der Waals surface area contributed by atoms with Gasteiger partial charge in [0, 0.05) is 25.4 Å². The van der Waals surface area contributed by atoms with Crippen molar-refractivity contribution in [2.75, 3.05) is 0 Å². The van der Waals surface area contributed by atoms with Gasteiger partial charge >= 0.3 is 6.18 Å². The van der Waals surface area contributed by atoms with E-state index in [0.29, 0.717) is 29.8 Å². The highest BCUT2D eigenvalue weighted by atomic mass is 35.5. The van der Waals surface area contributed by atoms with Crippen LogP contribution in [0.4, 0.5) is 13.2 Å². The van der Waals surface area contributed by atoms with Crippen LogP contribution in [0.5, 0.6) is 0 Å². The molecule has 0 bridgehead atoms. The summed E-state index contributed by atoms with van der Waals surface area (Å²) >= 11 is 5.91. The quantitative estimate of drug-likeness (QED) is 0.494. The van der Waals surface area contributed by atoms with Gasteiger partial charge in [-0.3, -0.25) is 9.98 Å². The van der Waals surface area contributed by atoms with E-state index in [0.717, 1.165) is 11.8 Å². The summed E-state index contributed by atoms with van der Waals surface area (Å²) in [7, 11) is 1.74. The van der Waals surface area contributed by atoms with Crippen LogP contribution in [-0.4, -0.2) is 28.7 Å². The van der Waals surface area contributed by atoms with Crippen molar-refractivity contribution >= 4 is 22.8 Å². The molecule has 0 aliphatic carbocycles. The number of fused-ring (bicyclic) bond motifs is 1. The van der Waals surface area contributed by atoms with E-state index in [1.54, 1.807) is 53.6 Å². The first kappa shape index (κ1) is 20.1. The molecule has 1 aromatic carbocycles. The van der Waals surface area contributed by atoms with E-state index in [2.05, 4.69) is 15.0 Å². The smallest absolute Gasteiger partial charge is 0.331 e. The van der Waals surface area contributed by atoms with Crippen LogP contribution in [0, 0.1) is 5.41 Å². The van der Waals surface area contributed by atoms with Crippen molar-refractivity contribution in [3.63, 3.8) is 0 Å². The van der Waals surface area contributed by atoms with Crippen LogP contribution in [0.2, 0.25) is 5.28 Å². The first-order chi connectivity index (χ1) is 14.2. The highest BCUT2D eigenvalue weighted by Crippen LogP contribution is 2.31. The Labute approximate surface area is 173 Å². The monoisotopic (exact) mass is 435 g/mol. The molecule has 0 atom stereocenters. The molecule has 0 aliphatic heterocycles. The number of alkyl halides is 3. The second kappa shape index (κ2) is 7.28. The van der Waals surface area contributed by atoms with Crippen molar-refractivity contribution < 1.29 is 13.2 Å². The fourth-order valence-electron chi connectivity index (χ4n) is 3.29. The Morgan fingerprint density at radius 2 is 1.83 bits per heavy atom. The lowest BCUT2D eigenvalue weighted by atomic mass is 10.1. The van der Waals surface area contributed by atoms with Gasteiger partial charge in [-0.15, -0.1) is 0 Å². The molecule has 11 heteroatoms. The number of halogens is 4. The van der Waals surface area contributed by atoms with Gasteiger partial charge in [0.15, 0.2) is 11.3 Å². The molecule has 0 saturated carbocycles. The maximum absolute atomic E-state index is 13.0. The SMILES string of the molecule is CCn1cc(C(F)(F)F)nc1-c1ccc(Cn2c(=N)n(C)c3cnc(Cl)nc32)cc1. The van der Waals surface area contributed by atoms with Gasteiger partial charge in [-0.05, 0) is 24.1 Å². The maximum Gasteiger partial charge on any atom is 0.434 e. The molecule has 0 radical (unpaired) electrons. The number of hydrogen-bond donors (Lipinski definition) is 1. The summed E-state index contributed by atoms with van der Waals surface area (Å²) in [6, 6.07) is 7.04. The van der Waals surface area contributed by atoms with Crippen LogP contribution in [-0.2, 0) is 26.3 Å². The minimum Gasteiger partial charge on any atom is -0.331 e. The number of aromatic nitrogens is 6. The molecule has 0 amide bonds. The Balaban J connectivity index is 1.69. The molecule has 0 aliphatic rings. The van der Waals surface area contributed by atoms with Gasteiger partial charge in [-0.25, -0.2) is 9.97 Å². The first-order valence-electron chi connectivity index (χ1n) is 9.05. The average Bonchev–Trinajstić information content (AvgIpc) is 3.24. The molecule has 0 saturated heterocycles. The van der Waals surface area contributed by atoms with E-state index in [1.165, 1.54) is 4.57 Å². The molecule has 4 aromatic rings. The fourth-order valence-corrected chi connectivity index (χ4v) is 3.42. The van der Waals surface area contributed by atoms with Crippen molar-refractivity contribution in [1.29, 1.82) is 5.41 Å². The predicted octanol–water partition coefficient (Wildman–Crippen LogP) is 3.85. The summed E-state index contributed by atoms with van der Waals surface area (Å²) in [5.41, 5.74) is 1.95. The number of imidazole rings is 2. The molecule has 3 aromatic heterocycles. The highest BCUT2D eigenvalue weighted by Gasteiger charge is 2.34. The number of nitrogens with zero attached hydrogens (tertiary/aromatic N) is 6. The van der Waals surface area contributed by atoms with E-state index in [4.69, 9.17) is 17.0 Å². The van der Waals surface area contributed by atoms with Gasteiger partial charge in [0.1, 0.15) is 11.3 Å².